The van der Waals surface area contributed by atoms with E-state index >= 15 is 0 Å². The average Bonchev–Trinajstić information content (AvgIpc) is 3.35. The number of benzene rings is 3. The van der Waals surface area contributed by atoms with Crippen molar-refractivity contribution >= 4 is 47.2 Å². The molecule has 0 aliphatic rings. The van der Waals surface area contributed by atoms with Crippen molar-refractivity contribution in [1.82, 2.24) is 31.9 Å². The molecule has 0 unspecified atom stereocenters. The summed E-state index contributed by atoms with van der Waals surface area (Å²) in [5.74, 6) is -2.24. The van der Waals surface area contributed by atoms with Crippen LogP contribution >= 0.6 is 0 Å². The monoisotopic (exact) mass is 989 g/mol. The first kappa shape index (κ1) is 58.6. The summed E-state index contributed by atoms with van der Waals surface area (Å²) in [5, 5.41) is 26.1. The Balaban J connectivity index is 1.52. The van der Waals surface area contributed by atoms with Crippen LogP contribution in [0.25, 0.3) is 0 Å². The molecule has 7 N–H and O–H groups in total. The molecule has 71 heavy (non-hydrogen) atoms. The van der Waals surface area contributed by atoms with Crippen molar-refractivity contribution in [2.45, 2.75) is 90.0 Å². The van der Waals surface area contributed by atoms with E-state index in [9.17, 15) is 38.4 Å². The number of carboxylic acid groups (broad SMARTS) is 1. The second-order valence-corrected chi connectivity index (χ2v) is 17.1. The third kappa shape index (κ3) is 25.6. The van der Waals surface area contributed by atoms with E-state index in [0.29, 0.717) is 80.8 Å². The lowest BCUT2D eigenvalue weighted by atomic mass is 10.0. The van der Waals surface area contributed by atoms with Gasteiger partial charge < -0.3 is 56.0 Å². The fourth-order valence-electron chi connectivity index (χ4n) is 6.76. The van der Waals surface area contributed by atoms with Crippen LogP contribution < -0.4 is 36.6 Å². The van der Waals surface area contributed by atoms with Gasteiger partial charge in [-0.3, -0.25) is 38.4 Å². The molecule has 0 spiro atoms. The lowest BCUT2D eigenvalue weighted by molar-refractivity contribution is -0.137. The molecule has 0 saturated carbocycles. The summed E-state index contributed by atoms with van der Waals surface area (Å²) >= 11 is 0. The summed E-state index contributed by atoms with van der Waals surface area (Å²) in [4.78, 5) is 99.9. The zero-order chi connectivity index (χ0) is 51.7. The highest BCUT2D eigenvalue weighted by Gasteiger charge is 2.34. The molecule has 0 fully saturated rings. The number of aryl methyl sites for hydroxylation is 2. The predicted molar refractivity (Wildman–Crippen MR) is 265 cm³/mol. The zero-order valence-corrected chi connectivity index (χ0v) is 41.3. The number of aliphatic carboxylic acids is 1. The van der Waals surface area contributed by atoms with Crippen LogP contribution in [0, 0.1) is 13.8 Å². The van der Waals surface area contributed by atoms with Gasteiger partial charge in [-0.25, -0.2) is 0 Å². The van der Waals surface area contributed by atoms with Crippen LogP contribution in [0.15, 0.2) is 72.8 Å². The second-order valence-electron chi connectivity index (χ2n) is 17.1. The summed E-state index contributed by atoms with van der Waals surface area (Å²) in [7, 11) is 1.54. The maximum Gasteiger partial charge on any atom is 0.303 e. The minimum atomic E-state index is -1.37. The Bertz CT molecular complexity index is 2050. The van der Waals surface area contributed by atoms with Crippen molar-refractivity contribution in [3.8, 4) is 5.75 Å². The van der Waals surface area contributed by atoms with Crippen molar-refractivity contribution in [3.05, 3.63) is 101 Å². The number of amides is 6. The first-order valence-corrected chi connectivity index (χ1v) is 24.1. The van der Waals surface area contributed by atoms with Crippen LogP contribution in [0.4, 0.5) is 0 Å². The molecule has 0 aliphatic carbocycles. The number of ketones is 1. The molecule has 0 heterocycles. The Morgan fingerprint density at radius 3 is 1.30 bits per heavy atom. The third-order valence-corrected chi connectivity index (χ3v) is 10.9. The number of nitrogens with one attached hydrogen (secondary N) is 6. The van der Waals surface area contributed by atoms with Crippen LogP contribution in [0.1, 0.15) is 113 Å². The van der Waals surface area contributed by atoms with Crippen LogP contribution in [0.2, 0.25) is 0 Å². The number of hydrogen-bond acceptors (Lipinski definition) is 12. The zero-order valence-electron chi connectivity index (χ0n) is 41.3. The van der Waals surface area contributed by atoms with Crippen molar-refractivity contribution in [2.24, 2.45) is 0 Å². The molecular weight excluding hydrogens is 917 g/mol. The van der Waals surface area contributed by atoms with Crippen molar-refractivity contribution in [1.29, 1.82) is 0 Å². The van der Waals surface area contributed by atoms with Crippen LogP contribution in [-0.4, -0.2) is 137 Å². The largest absolute Gasteiger partial charge is 0.497 e. The van der Waals surface area contributed by atoms with E-state index in [0.717, 1.165) is 11.1 Å². The van der Waals surface area contributed by atoms with Gasteiger partial charge in [0.1, 0.15) is 17.1 Å². The number of carboxylic acids is 1. The Morgan fingerprint density at radius 1 is 0.451 bits per heavy atom. The molecule has 6 amide bonds. The van der Waals surface area contributed by atoms with E-state index in [1.165, 1.54) is 0 Å². The summed E-state index contributed by atoms with van der Waals surface area (Å²) in [5.41, 5.74) is 2.29. The average molecular weight is 989 g/mol. The minimum Gasteiger partial charge on any atom is -0.497 e. The maximum absolute atomic E-state index is 13.3. The molecule has 19 heteroatoms. The number of Topliss-reactive ketones (excluding diaryl/α,β-unsaturated/α-hetero) is 1. The third-order valence-electron chi connectivity index (χ3n) is 10.9. The number of ether oxygens (including phenoxy) is 4. The molecule has 3 aromatic carbocycles. The standard InChI is InChI=1S/C52H72N6O13/c1-38-12-16-40(17-13-38)49(65)56-30-7-28-53-45(60)25-33-70-36-52(58-47(62)10-6-11-48(63)64,37-71-34-26-46(61)54-29-8-31-57-50(66)41-18-14-39(2)15-19-41)35-69-32-24-43(59)9-4-5-27-55-51(67)42-20-22-44(68-3)23-21-42/h12-23H,4-11,24-37H2,1-3H3,(H,53,60)(H,54,61)(H,55,67)(H,56,65)(H,57,66)(H,58,62)(H,63,64). The Kier molecular flexibility index (Phi) is 27.9. The molecule has 0 radical (unpaired) electrons. The summed E-state index contributed by atoms with van der Waals surface area (Å²) < 4.78 is 23.0. The van der Waals surface area contributed by atoms with Crippen molar-refractivity contribution in [2.75, 3.05) is 79.5 Å². The number of methoxy groups -OCH3 is 1. The molecule has 0 atom stereocenters. The molecule has 0 saturated heterocycles. The summed E-state index contributed by atoms with van der Waals surface area (Å²) in [6.45, 7) is 4.86. The lowest BCUT2D eigenvalue weighted by Gasteiger charge is -2.34. The highest BCUT2D eigenvalue weighted by atomic mass is 16.5. The highest BCUT2D eigenvalue weighted by Crippen LogP contribution is 2.14. The van der Waals surface area contributed by atoms with E-state index < -0.39 is 17.4 Å². The minimum absolute atomic E-state index is 0.00850. The van der Waals surface area contributed by atoms with Crippen LogP contribution in [0.5, 0.6) is 5.75 Å². The molecule has 3 rings (SSSR count). The first-order valence-electron chi connectivity index (χ1n) is 24.1. The van der Waals surface area contributed by atoms with Gasteiger partial charge >= 0.3 is 5.97 Å². The predicted octanol–water partition coefficient (Wildman–Crippen LogP) is 3.98. The van der Waals surface area contributed by atoms with Gasteiger partial charge in [-0.2, -0.15) is 0 Å². The fraction of sp³-hybridized carbons (Fsp3) is 0.500. The highest BCUT2D eigenvalue weighted by molar-refractivity contribution is 5.95. The van der Waals surface area contributed by atoms with Gasteiger partial charge in [0.15, 0.2) is 0 Å². The number of carbonyl (C=O) groups excluding carboxylic acids is 7. The van der Waals surface area contributed by atoms with E-state index in [4.69, 9.17) is 24.1 Å². The topological polar surface area (TPSA) is 266 Å². The van der Waals surface area contributed by atoms with Gasteiger partial charge in [0.25, 0.3) is 17.7 Å². The molecule has 0 aromatic heterocycles. The molecule has 0 aliphatic heterocycles. The quantitative estimate of drug-likeness (QED) is 0.0404. The Hall–Kier alpha value is -6.70. The van der Waals surface area contributed by atoms with Gasteiger partial charge in [-0.1, -0.05) is 35.4 Å². The first-order chi connectivity index (χ1) is 34.2. The number of unbranched alkanes of at least 4 members (excludes halogenated alkanes) is 1. The van der Waals surface area contributed by atoms with Crippen LogP contribution in [-0.2, 0) is 38.2 Å². The molecule has 388 valence electrons. The summed E-state index contributed by atoms with van der Waals surface area (Å²) in [6.07, 6.45) is 2.06. The van der Waals surface area contributed by atoms with E-state index in [2.05, 4.69) is 31.9 Å². The molecule has 0 bridgehead atoms. The Labute approximate surface area is 416 Å². The van der Waals surface area contributed by atoms with Gasteiger partial charge in [-0.15, -0.1) is 0 Å². The second kappa shape index (κ2) is 33.8. The number of hydrogen-bond donors (Lipinski definition) is 7. The van der Waals surface area contributed by atoms with E-state index in [1.54, 1.807) is 55.6 Å². The maximum atomic E-state index is 13.3. The molecular formula is C52H72N6O13. The van der Waals surface area contributed by atoms with E-state index in [-0.39, 0.29) is 120 Å². The van der Waals surface area contributed by atoms with Crippen LogP contribution in [0.3, 0.4) is 0 Å². The summed E-state index contributed by atoms with van der Waals surface area (Å²) in [6, 6.07) is 21.1. The molecule has 19 nitrogen and oxygen atoms in total. The molecule has 3 aromatic rings. The van der Waals surface area contributed by atoms with Gasteiger partial charge in [0, 0.05) is 87.9 Å². The van der Waals surface area contributed by atoms with Gasteiger partial charge in [-0.05, 0) is 94.5 Å². The number of rotatable bonds is 37. The fourth-order valence-corrected chi connectivity index (χ4v) is 6.76. The van der Waals surface area contributed by atoms with Gasteiger partial charge in [0.05, 0.1) is 46.8 Å². The normalized spacial score (nSPS) is 11.0. The van der Waals surface area contributed by atoms with E-state index in [1.807, 2.05) is 38.1 Å². The number of carbonyl (C=O) groups is 8. The SMILES string of the molecule is COc1ccc(C(=O)NCCCCC(=O)CCOCC(COCCC(=O)NCCCNC(=O)c2ccc(C)cc2)(COCCC(=O)NCCCNC(=O)c2ccc(C)cc2)NC(=O)CCCC(=O)O)cc1. The van der Waals surface area contributed by atoms with Gasteiger partial charge in [0.2, 0.25) is 17.7 Å². The van der Waals surface area contributed by atoms with Crippen molar-refractivity contribution in [3.63, 3.8) is 0 Å². The lowest BCUT2D eigenvalue weighted by Crippen LogP contribution is -2.58. The Morgan fingerprint density at radius 2 is 0.859 bits per heavy atom. The smallest absolute Gasteiger partial charge is 0.303 e. The van der Waals surface area contributed by atoms with Crippen molar-refractivity contribution < 1.29 is 62.4 Å².